The molecule has 0 aromatic heterocycles. The maximum atomic E-state index is 14.4. The standard InChI is InChI=1S/C44H38IN3O5/c1-2-52-39-24-29(23-38(45)41(39)53-27-28-12-6-3-7-13-28)22-37-42(49)46-44(51)48(43(37)50)32-25-35-33(30-14-8-4-9-15-30)18-20-47-21-19-34(36(26-32)40(35)47)31-16-10-5-11-17-31/h3-17,22-26,33-34H,2,18-21,27H2,1H3,(H,46,49,51)/b37-22+/t33-,34+. The average Bonchev–Trinajstić information content (AvgIpc) is 3.17. The molecule has 3 aliphatic heterocycles. The number of anilines is 2. The number of hydrogen-bond acceptors (Lipinski definition) is 6. The summed E-state index contributed by atoms with van der Waals surface area (Å²) in [6.45, 7) is 4.47. The Kier molecular flexibility index (Phi) is 9.74. The van der Waals surface area contributed by atoms with Crippen molar-refractivity contribution in [2.75, 3.05) is 29.5 Å². The van der Waals surface area contributed by atoms with E-state index in [0.29, 0.717) is 36.0 Å². The summed E-state index contributed by atoms with van der Waals surface area (Å²) in [4.78, 5) is 45.1. The van der Waals surface area contributed by atoms with E-state index in [1.54, 1.807) is 6.07 Å². The van der Waals surface area contributed by atoms with Gasteiger partial charge in [-0.1, -0.05) is 91.0 Å². The molecular weight excluding hydrogens is 777 g/mol. The molecule has 53 heavy (non-hydrogen) atoms. The van der Waals surface area contributed by atoms with Gasteiger partial charge >= 0.3 is 6.03 Å². The molecule has 0 spiro atoms. The van der Waals surface area contributed by atoms with Gasteiger partial charge in [0.05, 0.1) is 15.9 Å². The van der Waals surface area contributed by atoms with Crippen molar-refractivity contribution in [2.45, 2.75) is 38.2 Å². The Balaban J connectivity index is 1.20. The van der Waals surface area contributed by atoms with Crippen LogP contribution in [0.4, 0.5) is 16.2 Å². The van der Waals surface area contributed by atoms with E-state index >= 15 is 0 Å². The number of halogens is 1. The van der Waals surface area contributed by atoms with E-state index in [2.05, 4.69) is 81.3 Å². The van der Waals surface area contributed by atoms with Gasteiger partial charge < -0.3 is 14.4 Å². The van der Waals surface area contributed by atoms with Crippen LogP contribution < -0.4 is 24.6 Å². The summed E-state index contributed by atoms with van der Waals surface area (Å²) in [7, 11) is 0. The van der Waals surface area contributed by atoms with E-state index in [1.807, 2.05) is 67.6 Å². The first kappa shape index (κ1) is 34.7. The van der Waals surface area contributed by atoms with Gasteiger partial charge in [-0.05, 0) is 106 Å². The van der Waals surface area contributed by atoms with E-state index < -0.39 is 17.8 Å². The van der Waals surface area contributed by atoms with Crippen molar-refractivity contribution < 1.29 is 23.9 Å². The number of hydrogen-bond donors (Lipinski definition) is 1. The molecule has 3 aliphatic rings. The first-order valence-corrected chi connectivity index (χ1v) is 19.0. The molecule has 0 aliphatic carbocycles. The molecular formula is C44H38IN3O5. The third-order valence-electron chi connectivity index (χ3n) is 10.2. The molecule has 5 aromatic carbocycles. The minimum absolute atomic E-state index is 0.0805. The molecule has 8 rings (SSSR count). The second-order valence-corrected chi connectivity index (χ2v) is 14.6. The normalized spacial score (nSPS) is 18.8. The predicted octanol–water partition coefficient (Wildman–Crippen LogP) is 8.81. The number of carbonyl (C=O) groups is 3. The Morgan fingerprint density at radius 2 is 1.36 bits per heavy atom. The number of benzene rings is 5. The molecule has 9 heteroatoms. The molecule has 0 bridgehead atoms. The lowest BCUT2D eigenvalue weighted by Gasteiger charge is -2.44. The summed E-state index contributed by atoms with van der Waals surface area (Å²) in [5.74, 6) is -0.194. The zero-order valence-corrected chi connectivity index (χ0v) is 31.4. The molecule has 266 valence electrons. The van der Waals surface area contributed by atoms with Gasteiger partial charge in [0.1, 0.15) is 12.2 Å². The molecule has 1 saturated heterocycles. The number of amides is 4. The van der Waals surface area contributed by atoms with Crippen LogP contribution in [0.5, 0.6) is 11.5 Å². The average molecular weight is 816 g/mol. The van der Waals surface area contributed by atoms with Crippen molar-refractivity contribution in [3.63, 3.8) is 0 Å². The van der Waals surface area contributed by atoms with Crippen LogP contribution in [0.1, 0.15) is 65.0 Å². The molecule has 4 amide bonds. The Hall–Kier alpha value is -5.42. The van der Waals surface area contributed by atoms with Crippen molar-refractivity contribution in [1.82, 2.24) is 5.32 Å². The lowest BCUT2D eigenvalue weighted by atomic mass is 9.76. The van der Waals surface area contributed by atoms with E-state index in [0.717, 1.165) is 51.1 Å². The van der Waals surface area contributed by atoms with E-state index in [9.17, 15) is 14.4 Å². The van der Waals surface area contributed by atoms with Gasteiger partial charge in [-0.25, -0.2) is 9.69 Å². The van der Waals surface area contributed by atoms with Crippen LogP contribution in [0.25, 0.3) is 6.08 Å². The van der Waals surface area contributed by atoms with Crippen molar-refractivity contribution in [2.24, 2.45) is 0 Å². The summed E-state index contributed by atoms with van der Waals surface area (Å²) in [5, 5.41) is 2.45. The molecule has 1 fully saturated rings. The van der Waals surface area contributed by atoms with Gasteiger partial charge in [0, 0.05) is 30.6 Å². The number of rotatable bonds is 9. The Morgan fingerprint density at radius 1 is 0.774 bits per heavy atom. The molecule has 0 radical (unpaired) electrons. The van der Waals surface area contributed by atoms with Gasteiger partial charge in [0.15, 0.2) is 11.5 Å². The third-order valence-corrected chi connectivity index (χ3v) is 11.0. The SMILES string of the molecule is CCOc1cc(/C=C2\C(=O)NC(=O)N(c3cc4c5c(c3)[C@H](c3ccccc3)CCN5CC[C@@H]4c3ccccc3)C2=O)cc(I)c1OCc1ccccc1. The fraction of sp³-hybridized carbons (Fsp3) is 0.205. The highest BCUT2D eigenvalue weighted by Crippen LogP contribution is 2.50. The van der Waals surface area contributed by atoms with E-state index in [4.69, 9.17) is 9.47 Å². The molecule has 8 nitrogen and oxygen atoms in total. The molecule has 3 heterocycles. The van der Waals surface area contributed by atoms with Crippen LogP contribution in [0.2, 0.25) is 0 Å². The third kappa shape index (κ3) is 6.81. The number of carbonyl (C=O) groups excluding carboxylic acids is 3. The van der Waals surface area contributed by atoms with Crippen LogP contribution in [0.15, 0.2) is 121 Å². The van der Waals surface area contributed by atoms with Crippen molar-refractivity contribution >= 4 is 57.9 Å². The molecule has 0 unspecified atom stereocenters. The Morgan fingerprint density at radius 3 is 1.94 bits per heavy atom. The first-order valence-electron chi connectivity index (χ1n) is 18.0. The van der Waals surface area contributed by atoms with Crippen LogP contribution >= 0.6 is 22.6 Å². The van der Waals surface area contributed by atoms with Gasteiger partial charge in [0.25, 0.3) is 11.8 Å². The fourth-order valence-corrected chi connectivity index (χ4v) is 8.61. The summed E-state index contributed by atoms with van der Waals surface area (Å²) in [6, 6.07) is 37.5. The van der Waals surface area contributed by atoms with Crippen LogP contribution in [-0.4, -0.2) is 37.5 Å². The van der Waals surface area contributed by atoms with Crippen molar-refractivity contribution in [3.8, 4) is 11.5 Å². The fourth-order valence-electron chi connectivity index (χ4n) is 7.83. The smallest absolute Gasteiger partial charge is 0.335 e. The minimum atomic E-state index is -0.769. The first-order chi connectivity index (χ1) is 25.9. The highest BCUT2D eigenvalue weighted by atomic mass is 127. The highest BCUT2D eigenvalue weighted by molar-refractivity contribution is 14.1. The lowest BCUT2D eigenvalue weighted by molar-refractivity contribution is -0.122. The van der Waals surface area contributed by atoms with Crippen LogP contribution in [0, 0.1) is 3.57 Å². The topological polar surface area (TPSA) is 88.2 Å². The highest BCUT2D eigenvalue weighted by Gasteiger charge is 2.40. The number of barbiturate groups is 1. The predicted molar refractivity (Wildman–Crippen MR) is 215 cm³/mol. The van der Waals surface area contributed by atoms with Crippen molar-refractivity contribution in [1.29, 1.82) is 0 Å². The summed E-state index contributed by atoms with van der Waals surface area (Å²) in [5.41, 5.74) is 7.61. The maximum Gasteiger partial charge on any atom is 0.335 e. The van der Waals surface area contributed by atoms with Gasteiger partial charge in [-0.3, -0.25) is 14.9 Å². The van der Waals surface area contributed by atoms with Crippen LogP contribution in [-0.2, 0) is 16.2 Å². The van der Waals surface area contributed by atoms with E-state index in [-0.39, 0.29) is 17.4 Å². The monoisotopic (exact) mass is 815 g/mol. The molecule has 1 N–H and O–H groups in total. The quantitative estimate of drug-likeness (QED) is 0.0910. The lowest BCUT2D eigenvalue weighted by Crippen LogP contribution is -2.54. The zero-order chi connectivity index (χ0) is 36.5. The number of urea groups is 1. The second kappa shape index (κ2) is 14.9. The van der Waals surface area contributed by atoms with Gasteiger partial charge in [-0.2, -0.15) is 0 Å². The van der Waals surface area contributed by atoms with E-state index in [1.165, 1.54) is 22.9 Å². The summed E-state index contributed by atoms with van der Waals surface area (Å²) in [6.07, 6.45) is 3.34. The summed E-state index contributed by atoms with van der Waals surface area (Å²) >= 11 is 2.18. The Bertz CT molecular complexity index is 2150. The van der Waals surface area contributed by atoms with Gasteiger partial charge in [0.2, 0.25) is 0 Å². The van der Waals surface area contributed by atoms with Crippen molar-refractivity contribution in [3.05, 3.63) is 158 Å². The largest absolute Gasteiger partial charge is 0.490 e. The second-order valence-electron chi connectivity index (χ2n) is 13.5. The molecule has 0 saturated carbocycles. The number of ether oxygens (including phenoxy) is 2. The number of imide groups is 2. The number of nitrogens with zero attached hydrogens (tertiary/aromatic N) is 2. The maximum absolute atomic E-state index is 14.4. The zero-order valence-electron chi connectivity index (χ0n) is 29.3. The molecule has 5 aromatic rings. The molecule has 2 atom stereocenters. The van der Waals surface area contributed by atoms with Crippen LogP contribution in [0.3, 0.4) is 0 Å². The summed E-state index contributed by atoms with van der Waals surface area (Å²) < 4.78 is 12.9. The minimum Gasteiger partial charge on any atom is -0.490 e. The Labute approximate surface area is 322 Å². The number of nitrogens with one attached hydrogen (secondary N) is 1. The van der Waals surface area contributed by atoms with Gasteiger partial charge in [-0.15, -0.1) is 0 Å².